The van der Waals surface area contributed by atoms with Crippen LogP contribution in [0.25, 0.3) is 10.8 Å². The summed E-state index contributed by atoms with van der Waals surface area (Å²) < 4.78 is 0. The van der Waals surface area contributed by atoms with Crippen LogP contribution in [0.3, 0.4) is 0 Å². The summed E-state index contributed by atoms with van der Waals surface area (Å²) in [7, 11) is 0. The second kappa shape index (κ2) is 6.62. The van der Waals surface area contributed by atoms with Gasteiger partial charge in [-0.15, -0.1) is 0 Å². The Kier molecular flexibility index (Phi) is 4.32. The second-order valence-electron chi connectivity index (χ2n) is 7.15. The van der Waals surface area contributed by atoms with Gasteiger partial charge in [0.1, 0.15) is 5.60 Å². The molecular weight excluding hydrogens is 308 g/mol. The van der Waals surface area contributed by atoms with Gasteiger partial charge >= 0.3 is 0 Å². The molecule has 2 nitrogen and oxygen atoms in total. The topological polar surface area (TPSA) is 40.5 Å². The summed E-state index contributed by atoms with van der Waals surface area (Å²) in [6.07, 6.45) is 3.18. The first-order chi connectivity index (χ1) is 12.2. The molecule has 2 N–H and O–H groups in total. The van der Waals surface area contributed by atoms with E-state index in [1.54, 1.807) is 0 Å². The molecule has 1 aliphatic rings. The molecule has 25 heavy (non-hydrogen) atoms. The highest BCUT2D eigenvalue weighted by atomic mass is 16.3. The van der Waals surface area contributed by atoms with Gasteiger partial charge in [0.25, 0.3) is 0 Å². The number of hydrogen-bond donors (Lipinski definition) is 2. The Morgan fingerprint density at radius 2 is 1.40 bits per heavy atom. The largest absolute Gasteiger partial charge is 0.393 e. The zero-order valence-electron chi connectivity index (χ0n) is 14.3. The van der Waals surface area contributed by atoms with Crippen molar-refractivity contribution in [1.82, 2.24) is 0 Å². The number of fused-ring (bicyclic) bond motifs is 1. The Bertz CT molecular complexity index is 858. The van der Waals surface area contributed by atoms with Crippen LogP contribution in [0.1, 0.15) is 36.8 Å². The molecule has 0 bridgehead atoms. The van der Waals surface area contributed by atoms with Gasteiger partial charge in [-0.3, -0.25) is 0 Å². The molecule has 0 aromatic heterocycles. The Hall–Kier alpha value is -2.16. The van der Waals surface area contributed by atoms with Crippen LogP contribution in [0.15, 0.2) is 72.8 Å². The SMILES string of the molecule is O[C@H]1CCCC[C@@H]1C(O)(c1ccccc1)c1ccc2ccccc2c1. The fourth-order valence-corrected chi connectivity index (χ4v) is 4.31. The average Bonchev–Trinajstić information content (AvgIpc) is 2.68. The molecule has 1 aliphatic carbocycles. The third-order valence-electron chi connectivity index (χ3n) is 5.67. The lowest BCUT2D eigenvalue weighted by molar-refractivity contribution is -0.0666. The molecule has 0 radical (unpaired) electrons. The molecule has 0 heterocycles. The van der Waals surface area contributed by atoms with Gasteiger partial charge in [-0.2, -0.15) is 0 Å². The highest BCUT2D eigenvalue weighted by molar-refractivity contribution is 5.83. The molecular formula is C23H24O2. The van der Waals surface area contributed by atoms with E-state index in [9.17, 15) is 10.2 Å². The molecule has 3 aromatic carbocycles. The Morgan fingerprint density at radius 1 is 0.720 bits per heavy atom. The van der Waals surface area contributed by atoms with Crippen molar-refractivity contribution in [2.75, 3.05) is 0 Å². The van der Waals surface area contributed by atoms with Crippen molar-refractivity contribution >= 4 is 10.8 Å². The van der Waals surface area contributed by atoms with Crippen LogP contribution >= 0.6 is 0 Å². The maximum Gasteiger partial charge on any atom is 0.120 e. The van der Waals surface area contributed by atoms with Crippen LogP contribution in [0, 0.1) is 5.92 Å². The summed E-state index contributed by atoms with van der Waals surface area (Å²) in [5, 5.41) is 24.9. The zero-order valence-corrected chi connectivity index (χ0v) is 14.3. The summed E-state index contributed by atoms with van der Waals surface area (Å²) in [4.78, 5) is 0. The molecule has 1 saturated carbocycles. The summed E-state index contributed by atoms with van der Waals surface area (Å²) >= 11 is 0. The normalized spacial score (nSPS) is 23.3. The van der Waals surface area contributed by atoms with Crippen LogP contribution in [0.4, 0.5) is 0 Å². The third-order valence-corrected chi connectivity index (χ3v) is 5.67. The van der Waals surface area contributed by atoms with Gasteiger partial charge in [-0.25, -0.2) is 0 Å². The van der Waals surface area contributed by atoms with E-state index in [1.807, 2.05) is 48.5 Å². The van der Waals surface area contributed by atoms with Crippen molar-refractivity contribution in [3.63, 3.8) is 0 Å². The van der Waals surface area contributed by atoms with Crippen LogP contribution in [0.2, 0.25) is 0 Å². The van der Waals surface area contributed by atoms with E-state index in [4.69, 9.17) is 0 Å². The van der Waals surface area contributed by atoms with Crippen molar-refractivity contribution < 1.29 is 10.2 Å². The fourth-order valence-electron chi connectivity index (χ4n) is 4.31. The molecule has 1 unspecified atom stereocenters. The van der Waals surface area contributed by atoms with Gasteiger partial charge in [0.15, 0.2) is 0 Å². The first-order valence-corrected chi connectivity index (χ1v) is 9.15. The van der Waals surface area contributed by atoms with Crippen molar-refractivity contribution in [3.8, 4) is 0 Å². The number of hydrogen-bond acceptors (Lipinski definition) is 2. The van der Waals surface area contributed by atoms with Gasteiger partial charge in [0.2, 0.25) is 0 Å². The molecule has 2 heteroatoms. The Labute approximate surface area is 148 Å². The average molecular weight is 332 g/mol. The van der Waals surface area contributed by atoms with Crippen LogP contribution < -0.4 is 0 Å². The summed E-state index contributed by atoms with van der Waals surface area (Å²) in [5.41, 5.74) is 0.546. The summed E-state index contributed by atoms with van der Waals surface area (Å²) in [6, 6.07) is 24.1. The lowest BCUT2D eigenvalue weighted by atomic mass is 9.68. The first kappa shape index (κ1) is 16.3. The molecule has 3 aromatic rings. The standard InChI is InChI=1S/C23H24O2/c24-22-13-7-6-12-21(22)23(25,19-10-2-1-3-11-19)20-15-14-17-8-4-5-9-18(17)16-20/h1-5,8-11,14-16,21-22,24-25H,6-7,12-13H2/t21-,22-,23?/m0/s1. The fraction of sp³-hybridized carbons (Fsp3) is 0.304. The van der Waals surface area contributed by atoms with E-state index in [0.29, 0.717) is 0 Å². The Balaban J connectivity index is 1.89. The number of benzene rings is 3. The lowest BCUT2D eigenvalue weighted by Gasteiger charge is -2.42. The lowest BCUT2D eigenvalue weighted by Crippen LogP contribution is -2.44. The van der Waals surface area contributed by atoms with E-state index < -0.39 is 11.7 Å². The number of rotatable bonds is 3. The third kappa shape index (κ3) is 2.86. The van der Waals surface area contributed by atoms with Crippen molar-refractivity contribution in [3.05, 3.63) is 83.9 Å². The van der Waals surface area contributed by atoms with Crippen LogP contribution in [-0.4, -0.2) is 16.3 Å². The molecule has 0 aliphatic heterocycles. The predicted octanol–water partition coefficient (Wildman–Crippen LogP) is 4.63. The monoisotopic (exact) mass is 332 g/mol. The predicted molar refractivity (Wildman–Crippen MR) is 101 cm³/mol. The first-order valence-electron chi connectivity index (χ1n) is 9.15. The molecule has 1 fully saturated rings. The highest BCUT2D eigenvalue weighted by Crippen LogP contribution is 2.44. The minimum atomic E-state index is -1.18. The van der Waals surface area contributed by atoms with Gasteiger partial charge in [0, 0.05) is 5.92 Å². The van der Waals surface area contributed by atoms with E-state index in [1.165, 1.54) is 0 Å². The number of aliphatic hydroxyl groups excluding tert-OH is 1. The van der Waals surface area contributed by atoms with Gasteiger partial charge in [-0.1, -0.05) is 79.6 Å². The molecule has 0 amide bonds. The van der Waals surface area contributed by atoms with E-state index in [-0.39, 0.29) is 5.92 Å². The van der Waals surface area contributed by atoms with Crippen molar-refractivity contribution in [1.29, 1.82) is 0 Å². The minimum Gasteiger partial charge on any atom is -0.393 e. The molecule has 4 rings (SSSR count). The molecule has 0 spiro atoms. The molecule has 128 valence electrons. The van der Waals surface area contributed by atoms with Crippen LogP contribution in [0.5, 0.6) is 0 Å². The number of aliphatic hydroxyl groups is 2. The maximum absolute atomic E-state index is 11.9. The van der Waals surface area contributed by atoms with Gasteiger partial charge in [0.05, 0.1) is 6.10 Å². The minimum absolute atomic E-state index is 0.190. The quantitative estimate of drug-likeness (QED) is 0.734. The zero-order chi connectivity index (χ0) is 17.3. The van der Waals surface area contributed by atoms with E-state index >= 15 is 0 Å². The molecule has 0 saturated heterocycles. The van der Waals surface area contributed by atoms with Crippen LogP contribution in [-0.2, 0) is 5.60 Å². The Morgan fingerprint density at radius 3 is 2.16 bits per heavy atom. The highest BCUT2D eigenvalue weighted by Gasteiger charge is 2.44. The van der Waals surface area contributed by atoms with Crippen molar-refractivity contribution in [2.45, 2.75) is 37.4 Å². The van der Waals surface area contributed by atoms with E-state index in [2.05, 4.69) is 24.3 Å². The second-order valence-corrected chi connectivity index (χ2v) is 7.15. The molecule has 3 atom stereocenters. The van der Waals surface area contributed by atoms with Gasteiger partial charge < -0.3 is 10.2 Å². The smallest absolute Gasteiger partial charge is 0.120 e. The van der Waals surface area contributed by atoms with Crippen molar-refractivity contribution in [2.24, 2.45) is 5.92 Å². The van der Waals surface area contributed by atoms with Gasteiger partial charge in [-0.05, 0) is 40.8 Å². The summed E-state index contributed by atoms with van der Waals surface area (Å²) in [5.74, 6) is -0.190. The van der Waals surface area contributed by atoms with E-state index in [0.717, 1.165) is 47.6 Å². The summed E-state index contributed by atoms with van der Waals surface area (Å²) in [6.45, 7) is 0. The maximum atomic E-state index is 11.9.